The number of ketones is 1. The van der Waals surface area contributed by atoms with E-state index in [4.69, 9.17) is 32.8 Å². The van der Waals surface area contributed by atoms with Gasteiger partial charge in [0.05, 0.1) is 6.04 Å². The summed E-state index contributed by atoms with van der Waals surface area (Å²) < 4.78 is 5.86. The number of benzene rings is 1. The smallest absolute Gasteiger partial charge is 0.312 e. The van der Waals surface area contributed by atoms with E-state index in [9.17, 15) is 9.59 Å². The Balaban J connectivity index is 1.78. The lowest BCUT2D eigenvalue weighted by molar-refractivity contribution is -0.137. The Bertz CT molecular complexity index is 754. The van der Waals surface area contributed by atoms with Gasteiger partial charge >= 0.3 is 6.03 Å². The van der Waals surface area contributed by atoms with Gasteiger partial charge in [0, 0.05) is 17.1 Å². The minimum atomic E-state index is -1.00. The van der Waals surface area contributed by atoms with Gasteiger partial charge in [-0.05, 0) is 44.6 Å². The molecule has 1 aliphatic carbocycles. The van der Waals surface area contributed by atoms with E-state index in [0.29, 0.717) is 36.7 Å². The van der Waals surface area contributed by atoms with Gasteiger partial charge in [-0.1, -0.05) is 29.8 Å². The van der Waals surface area contributed by atoms with Gasteiger partial charge in [-0.15, -0.1) is 0 Å². The van der Waals surface area contributed by atoms with E-state index < -0.39 is 23.7 Å². The number of unbranched alkanes of at least 4 members (excludes halogenated alkanes) is 1. The van der Waals surface area contributed by atoms with Crippen molar-refractivity contribution >= 4 is 29.3 Å². The highest BCUT2D eigenvalue weighted by Gasteiger charge is 2.52. The average Bonchev–Trinajstić information content (AvgIpc) is 2.61. The number of carbonyl (C=O) groups is 2. The highest BCUT2D eigenvalue weighted by atomic mass is 35.5. The molecule has 3 rings (SSSR count). The van der Waals surface area contributed by atoms with Gasteiger partial charge in [-0.25, -0.2) is 9.79 Å². The van der Waals surface area contributed by atoms with E-state index in [2.05, 4.69) is 5.32 Å². The molecule has 0 aromatic heterocycles. The summed E-state index contributed by atoms with van der Waals surface area (Å²) in [5, 5.41) is 3.08. The normalized spacial score (nSPS) is 25.3. The molecule has 7 nitrogen and oxygen atoms in total. The summed E-state index contributed by atoms with van der Waals surface area (Å²) in [6.07, 6.45) is 3.76. The third kappa shape index (κ3) is 4.09. The number of primary amides is 1. The highest BCUT2D eigenvalue weighted by molar-refractivity contribution is 6.32. The maximum Gasteiger partial charge on any atom is 0.312 e. The first-order valence-electron chi connectivity index (χ1n) is 9.28. The zero-order chi connectivity index (χ0) is 19.4. The molecule has 8 heteroatoms. The zero-order valence-corrected chi connectivity index (χ0v) is 15.9. The minimum absolute atomic E-state index is 0.0385. The number of hydrogen-bond acceptors (Lipinski definition) is 5. The molecule has 1 aliphatic heterocycles. The van der Waals surface area contributed by atoms with Crippen LogP contribution in [0.3, 0.4) is 0 Å². The molecule has 3 unspecified atom stereocenters. The standard InChI is InChI=1S/C19H25ClN4O3/c20-13-7-2-1-6-12(13)19-10-5-9-15(16(19)25)27-17(24-19)14(21)8-3-4-11-23-18(22)26/h1-2,6-7,14-15H,3-5,8-11,21H2,(H3,22,23,26). The van der Waals surface area contributed by atoms with Crippen molar-refractivity contribution in [1.82, 2.24) is 5.32 Å². The maximum absolute atomic E-state index is 13.0. The zero-order valence-electron chi connectivity index (χ0n) is 15.1. The topological polar surface area (TPSA) is 120 Å². The predicted molar refractivity (Wildman–Crippen MR) is 104 cm³/mol. The van der Waals surface area contributed by atoms with Crippen LogP contribution in [-0.2, 0) is 15.1 Å². The molecule has 1 heterocycles. The maximum atomic E-state index is 13.0. The number of halogens is 1. The van der Waals surface area contributed by atoms with Crippen LogP contribution in [0.2, 0.25) is 5.02 Å². The van der Waals surface area contributed by atoms with Gasteiger partial charge in [-0.2, -0.15) is 0 Å². The van der Waals surface area contributed by atoms with Gasteiger partial charge in [0.1, 0.15) is 0 Å². The number of carbonyl (C=O) groups excluding carboxylic acids is 2. The molecule has 1 aromatic rings. The Hall–Kier alpha value is -2.12. The van der Waals surface area contributed by atoms with E-state index >= 15 is 0 Å². The van der Waals surface area contributed by atoms with Crippen LogP contribution in [0.1, 0.15) is 44.1 Å². The molecule has 3 atom stereocenters. The summed E-state index contributed by atoms with van der Waals surface area (Å²) >= 11 is 6.40. The first-order valence-corrected chi connectivity index (χ1v) is 9.66. The predicted octanol–water partition coefficient (Wildman–Crippen LogP) is 2.25. The van der Waals surface area contributed by atoms with Crippen molar-refractivity contribution in [2.24, 2.45) is 16.5 Å². The number of ether oxygens (including phenoxy) is 1. The third-order valence-corrected chi connectivity index (χ3v) is 5.48. The molecule has 5 N–H and O–H groups in total. The van der Waals surface area contributed by atoms with Crippen LogP contribution in [0.15, 0.2) is 29.3 Å². The van der Waals surface area contributed by atoms with Gasteiger partial charge in [0.15, 0.2) is 11.6 Å². The molecule has 146 valence electrons. The number of nitrogens with zero attached hydrogens (tertiary/aromatic N) is 1. The van der Waals surface area contributed by atoms with Crippen molar-refractivity contribution in [3.05, 3.63) is 34.9 Å². The highest BCUT2D eigenvalue weighted by Crippen LogP contribution is 2.44. The van der Waals surface area contributed by atoms with Crippen LogP contribution < -0.4 is 16.8 Å². The molecule has 2 aliphatic rings. The lowest BCUT2D eigenvalue weighted by Gasteiger charge is -2.42. The Kier molecular flexibility index (Phi) is 6.01. The summed E-state index contributed by atoms with van der Waals surface area (Å²) in [4.78, 5) is 28.4. The number of hydrogen-bond donors (Lipinski definition) is 3. The molecule has 1 aromatic carbocycles. The molecule has 2 amide bonds. The second-order valence-corrected chi connectivity index (χ2v) is 7.45. The Morgan fingerprint density at radius 1 is 1.41 bits per heavy atom. The summed E-state index contributed by atoms with van der Waals surface area (Å²) in [6.45, 7) is 0.500. The molecular weight excluding hydrogens is 368 g/mol. The fourth-order valence-corrected chi connectivity index (χ4v) is 4.06. The summed E-state index contributed by atoms with van der Waals surface area (Å²) in [5.74, 6) is 0.380. The average molecular weight is 393 g/mol. The SMILES string of the molecule is NC(=O)NCCCCC(N)C1=NC2(c3ccccc3Cl)CCCC(O1)C2=O. The van der Waals surface area contributed by atoms with Crippen molar-refractivity contribution in [2.75, 3.05) is 6.54 Å². The fraction of sp³-hybridized carbons (Fsp3) is 0.526. The van der Waals surface area contributed by atoms with Crippen molar-refractivity contribution in [1.29, 1.82) is 0 Å². The first kappa shape index (κ1) is 19.6. The van der Waals surface area contributed by atoms with Gasteiger partial charge in [-0.3, -0.25) is 4.79 Å². The second-order valence-electron chi connectivity index (χ2n) is 7.05. The third-order valence-electron chi connectivity index (χ3n) is 5.15. The molecule has 2 bridgehead atoms. The van der Waals surface area contributed by atoms with Crippen LogP contribution in [0.25, 0.3) is 0 Å². The number of fused-ring (bicyclic) bond motifs is 2. The summed E-state index contributed by atoms with van der Waals surface area (Å²) in [7, 11) is 0. The number of amides is 2. The van der Waals surface area contributed by atoms with Crippen molar-refractivity contribution < 1.29 is 14.3 Å². The number of urea groups is 1. The van der Waals surface area contributed by atoms with Crippen molar-refractivity contribution in [3.63, 3.8) is 0 Å². The molecule has 0 radical (unpaired) electrons. The quantitative estimate of drug-likeness (QED) is 0.616. The lowest BCUT2D eigenvalue weighted by Crippen LogP contribution is -2.54. The second kappa shape index (κ2) is 8.27. The Morgan fingerprint density at radius 3 is 2.93 bits per heavy atom. The minimum Gasteiger partial charge on any atom is -0.468 e. The number of nitrogens with two attached hydrogens (primary N) is 2. The van der Waals surface area contributed by atoms with Crippen LogP contribution in [0.5, 0.6) is 0 Å². The number of Topliss-reactive ketones (excluding diaryl/α,β-unsaturated/α-hetero) is 1. The fourth-order valence-electron chi connectivity index (χ4n) is 3.77. The van der Waals surface area contributed by atoms with E-state index in [1.54, 1.807) is 6.07 Å². The summed E-state index contributed by atoms with van der Waals surface area (Å²) in [6, 6.07) is 6.39. The van der Waals surface area contributed by atoms with Crippen molar-refractivity contribution in [2.45, 2.75) is 56.2 Å². The number of rotatable bonds is 7. The van der Waals surface area contributed by atoms with Gasteiger partial charge in [0.2, 0.25) is 11.7 Å². The van der Waals surface area contributed by atoms with Crippen LogP contribution in [-0.4, -0.2) is 36.4 Å². The van der Waals surface area contributed by atoms with Gasteiger partial charge < -0.3 is 21.5 Å². The summed E-state index contributed by atoms with van der Waals surface area (Å²) in [5.41, 5.74) is 11.1. The van der Waals surface area contributed by atoms with Crippen LogP contribution in [0, 0.1) is 0 Å². The molecule has 1 saturated carbocycles. The molecule has 0 saturated heterocycles. The number of nitrogens with one attached hydrogen (secondary N) is 1. The van der Waals surface area contributed by atoms with E-state index in [-0.39, 0.29) is 5.78 Å². The first-order chi connectivity index (χ1) is 12.9. The Labute approximate surface area is 163 Å². The van der Waals surface area contributed by atoms with Crippen LogP contribution >= 0.6 is 11.6 Å². The molecule has 27 heavy (non-hydrogen) atoms. The van der Waals surface area contributed by atoms with Crippen LogP contribution in [0.4, 0.5) is 4.79 Å². The number of aliphatic imine (C=N–C) groups is 1. The monoisotopic (exact) mass is 392 g/mol. The van der Waals surface area contributed by atoms with E-state index in [1.165, 1.54) is 0 Å². The van der Waals surface area contributed by atoms with Gasteiger partial charge in [0.25, 0.3) is 0 Å². The van der Waals surface area contributed by atoms with E-state index in [1.807, 2.05) is 18.2 Å². The van der Waals surface area contributed by atoms with E-state index in [0.717, 1.165) is 24.8 Å². The van der Waals surface area contributed by atoms with Crippen molar-refractivity contribution in [3.8, 4) is 0 Å². The molecule has 0 spiro atoms. The molecular formula is C19H25ClN4O3. The Morgan fingerprint density at radius 2 is 2.19 bits per heavy atom. The largest absolute Gasteiger partial charge is 0.468 e. The molecule has 1 fully saturated rings. The lowest BCUT2D eigenvalue weighted by atomic mass is 9.73.